The molecule has 14 aromatic rings. The van der Waals surface area contributed by atoms with E-state index >= 15 is 0 Å². The number of carbonyl (C=O) groups is 2. The van der Waals surface area contributed by atoms with Gasteiger partial charge in [-0.25, -0.2) is 19.9 Å². The highest BCUT2D eigenvalue weighted by Crippen LogP contribution is 2.33. The SMILES string of the molecule is CNc1cc2c(C#N)cn(C)c(=O)c2cc1Cl.CNc1cc2c([N+](=O)[O-])cn(C)c(=O)c2cc1Cl.CNc1ccc2c(=O)n(C)cc(C(N)=O)c2c1.Cc1nc2c3c(ccc2c(=O)n1C)NCC3.Cc1nc2cc(C3=NCCO3)ccc2c(=O)n1C.Cc1nc2cc(NCCCN3CCCC3)ccc2c(=O)n1C.Cn1c(C(N)=O)c(O)c2ccccc2c1=O. The van der Waals surface area contributed by atoms with Gasteiger partial charge in [0.2, 0.25) is 5.90 Å². The van der Waals surface area contributed by atoms with Gasteiger partial charge in [0.15, 0.2) is 11.4 Å². The molecule has 2 amide bonds. The second-order valence-electron chi connectivity index (χ2n) is 29.4. The van der Waals surface area contributed by atoms with Crippen LogP contribution in [0.15, 0.2) is 172 Å². The number of aryl methyl sites for hydroxylation is 6. The number of aromatic nitrogens is 10. The monoisotopic (exact) mass is 1720 g/mol. The number of nitrogens with one attached hydrogen (secondary N) is 5. The Morgan fingerprint density at radius 1 is 0.581 bits per heavy atom. The maximum Gasteiger partial charge on any atom is 0.293 e. The highest BCUT2D eigenvalue weighted by molar-refractivity contribution is 6.34. The molecule has 0 spiro atoms. The fraction of sp³-hybridized carbons (Fsp3) is 0.273. The standard InChI is InChI=1S/C17H24N4O.C13H13N3O2.C12H10ClN3O.C12H13N3O2.C12H13N3O.C11H10ClN3O3.C11H10N2O3/c1-13-19-16-12-14(6-7-15(16)17(22)20(13)2)18-8-5-11-21-9-3-4-10-21;1-8-15-11-7-9(12-14-5-6-18-12)3-4-10(11)13(17)16(8)2;1-15-11-4-8-7(5-14)6-16(2)12(17)9(8)3-10(11)13;1-14-7-3-4-8-9(5-7)10(11(13)16)6-15(2)12(8)17;1-7-14-11-8-5-6-13-10(8)4-3-9(11)12(16)15(7)2;1-13-9-4-6-7(3-8(9)12)11(16)14(2)5-10(6)15(17)18;1-13-8(10(12)15)9(14)6-4-2-3-5-7(6)11(13)16/h6-7,12,18H,3-5,8-11H2,1-2H3;3-4,7H,5-6H2,1-2H3;3-4,6,15H,1-2H3;3-6,14H,1-2H3,(H2,13,16);3-4,13H,5-6H2,1-2H3;3-5,13H,1-2H3;2-5,14H,1H3,(H2,12,15). The summed E-state index contributed by atoms with van der Waals surface area (Å²) in [6, 6.07) is 35.2. The Kier molecular flexibility index (Phi) is 28.3. The summed E-state index contributed by atoms with van der Waals surface area (Å²) < 4.78 is 15.1. The molecule has 34 nitrogen and oxygen atoms in total. The Morgan fingerprint density at radius 3 is 1.69 bits per heavy atom. The zero-order chi connectivity index (χ0) is 90.0. The van der Waals surface area contributed by atoms with Gasteiger partial charge in [0, 0.05) is 146 Å². The van der Waals surface area contributed by atoms with Crippen LogP contribution in [-0.4, -0.2) is 147 Å². The van der Waals surface area contributed by atoms with Crippen LogP contribution in [0.5, 0.6) is 5.75 Å². The smallest absolute Gasteiger partial charge is 0.293 e. The van der Waals surface area contributed by atoms with Crippen molar-refractivity contribution in [3.8, 4) is 11.8 Å². The maximum absolute atomic E-state index is 12.2. The molecule has 0 saturated carbocycles. The van der Waals surface area contributed by atoms with E-state index in [0.717, 1.165) is 81.2 Å². The molecule has 7 aromatic carbocycles. The number of fused-ring (bicyclic) bond motifs is 9. The van der Waals surface area contributed by atoms with Crippen LogP contribution in [0.1, 0.15) is 74.3 Å². The molecule has 3 aliphatic rings. The molecule has 0 aliphatic carbocycles. The minimum absolute atomic E-state index is 0.0167. The van der Waals surface area contributed by atoms with E-state index in [-0.39, 0.29) is 66.8 Å². The lowest BCUT2D eigenvalue weighted by Crippen LogP contribution is -2.27. The highest BCUT2D eigenvalue weighted by atomic mass is 35.5. The van der Waals surface area contributed by atoms with Crippen molar-refractivity contribution in [1.82, 2.24) is 51.8 Å². The molecular weight excluding hydrogens is 1630 g/mol. The summed E-state index contributed by atoms with van der Waals surface area (Å²) in [4.78, 5) is 137. The molecule has 17 rings (SSSR count). The van der Waals surface area contributed by atoms with Gasteiger partial charge in [0.25, 0.3) is 56.4 Å². The summed E-state index contributed by atoms with van der Waals surface area (Å²) >= 11 is 12.0. The molecule has 10 heterocycles. The van der Waals surface area contributed by atoms with Crippen LogP contribution in [0.25, 0.3) is 75.8 Å². The number of hydrogen-bond acceptors (Lipinski definition) is 24. The van der Waals surface area contributed by atoms with Gasteiger partial charge in [-0.3, -0.25) is 67.0 Å². The Bertz CT molecular complexity index is 7160. The average molecular weight is 1720 g/mol. The van der Waals surface area contributed by atoms with E-state index < -0.39 is 16.7 Å². The number of ether oxygens (including phenoxy) is 1. The molecule has 0 radical (unpaired) electrons. The van der Waals surface area contributed by atoms with Gasteiger partial charge in [-0.2, -0.15) is 5.26 Å². The lowest BCUT2D eigenvalue weighted by atomic mass is 10.1. The number of carbonyl (C=O) groups excluding carboxylic acids is 2. The number of primary amides is 2. The van der Waals surface area contributed by atoms with Crippen molar-refractivity contribution in [2.24, 2.45) is 65.8 Å². The van der Waals surface area contributed by atoms with Crippen LogP contribution >= 0.6 is 23.2 Å². The molecular formula is C88H93Cl2N21O13. The Hall–Kier alpha value is -14.6. The summed E-state index contributed by atoms with van der Waals surface area (Å²) in [7, 11) is 16.5. The van der Waals surface area contributed by atoms with Crippen LogP contribution in [0.3, 0.4) is 0 Å². The van der Waals surface area contributed by atoms with Gasteiger partial charge < -0.3 is 71.1 Å². The van der Waals surface area contributed by atoms with Crippen LogP contribution in [-0.2, 0) is 60.5 Å². The Labute approximate surface area is 718 Å². The summed E-state index contributed by atoms with van der Waals surface area (Å²) in [6.45, 7) is 12.4. The molecule has 0 bridgehead atoms. The van der Waals surface area contributed by atoms with E-state index in [1.807, 2.05) is 63.2 Å². The van der Waals surface area contributed by atoms with Gasteiger partial charge in [0.05, 0.1) is 104 Å². The summed E-state index contributed by atoms with van der Waals surface area (Å²) in [5, 5.41) is 51.5. The van der Waals surface area contributed by atoms with Crippen LogP contribution < -0.4 is 77.0 Å². The number of aromatic hydroxyl groups is 1. The second kappa shape index (κ2) is 38.9. The molecule has 36 heteroatoms. The number of likely N-dealkylation sites (tertiary alicyclic amines) is 1. The third kappa shape index (κ3) is 19.3. The molecule has 1 fully saturated rings. The molecule has 0 unspecified atom stereocenters. The fourth-order valence-electron chi connectivity index (χ4n) is 14.4. The van der Waals surface area contributed by atoms with E-state index in [2.05, 4.69) is 57.5 Å². The van der Waals surface area contributed by atoms with E-state index in [4.69, 9.17) is 44.7 Å². The lowest BCUT2D eigenvalue weighted by Gasteiger charge is -2.15. The minimum atomic E-state index is -0.831. The number of aliphatic imine (C=N–C) groups is 1. The highest BCUT2D eigenvalue weighted by Gasteiger charge is 2.23. The Morgan fingerprint density at radius 2 is 1.10 bits per heavy atom. The number of amides is 2. The number of nitrogens with two attached hydrogens (primary N) is 2. The van der Waals surface area contributed by atoms with E-state index in [0.29, 0.717) is 106 Å². The summed E-state index contributed by atoms with van der Waals surface area (Å²) in [6.07, 6.45) is 8.98. The molecule has 10 N–H and O–H groups in total. The van der Waals surface area contributed by atoms with E-state index in [1.54, 1.807) is 131 Å². The van der Waals surface area contributed by atoms with Gasteiger partial charge in [-0.15, -0.1) is 0 Å². The van der Waals surface area contributed by atoms with Crippen LogP contribution in [0.4, 0.5) is 34.1 Å². The fourth-order valence-corrected chi connectivity index (χ4v) is 14.9. The first-order chi connectivity index (χ1) is 59.1. The van der Waals surface area contributed by atoms with Crippen molar-refractivity contribution in [2.45, 2.75) is 46.5 Å². The summed E-state index contributed by atoms with van der Waals surface area (Å²) in [5.41, 5.74) is 18.6. The van der Waals surface area contributed by atoms with Gasteiger partial charge in [-0.05, 0) is 163 Å². The number of pyridine rings is 4. The van der Waals surface area contributed by atoms with Gasteiger partial charge >= 0.3 is 0 Å². The average Bonchev–Trinajstić information content (AvgIpc) is 0.856. The first-order valence-electron chi connectivity index (χ1n) is 39.2. The number of nitrogens with zero attached hydrogens (tertiary/aromatic N) is 14. The zero-order valence-electron chi connectivity index (χ0n) is 70.5. The number of benzene rings is 7. The van der Waals surface area contributed by atoms with E-state index in [1.165, 1.54) is 96.6 Å². The molecule has 1 saturated heterocycles. The molecule has 124 heavy (non-hydrogen) atoms. The van der Waals surface area contributed by atoms with Crippen molar-refractivity contribution < 1.29 is 24.4 Å². The quantitative estimate of drug-likeness (QED) is 0.0320. The third-order valence-electron chi connectivity index (χ3n) is 21.5. The van der Waals surface area contributed by atoms with Crippen molar-refractivity contribution in [1.29, 1.82) is 5.26 Å². The number of hydrogen-bond donors (Lipinski definition) is 8. The second-order valence-corrected chi connectivity index (χ2v) is 30.2. The summed E-state index contributed by atoms with van der Waals surface area (Å²) in [5.74, 6) is 1.20. The topological polar surface area (TPSA) is 451 Å². The van der Waals surface area contributed by atoms with Crippen molar-refractivity contribution in [3.05, 3.63) is 272 Å². The Balaban J connectivity index is 0.000000141. The predicted octanol–water partition coefficient (Wildman–Crippen LogP) is 9.64. The number of anilines is 5. The predicted molar refractivity (Wildman–Crippen MR) is 489 cm³/mol. The number of nitriles is 1. The number of rotatable bonds is 12. The lowest BCUT2D eigenvalue weighted by molar-refractivity contribution is -0.383. The van der Waals surface area contributed by atoms with Crippen molar-refractivity contribution >= 4 is 151 Å². The van der Waals surface area contributed by atoms with Crippen molar-refractivity contribution in [3.63, 3.8) is 0 Å². The number of nitro groups is 1. The normalized spacial score (nSPS) is 12.4. The first-order valence-corrected chi connectivity index (χ1v) is 40.0. The molecule has 642 valence electrons. The third-order valence-corrected chi connectivity index (χ3v) is 22.1. The minimum Gasteiger partial charge on any atom is -0.505 e. The number of halogens is 2. The largest absolute Gasteiger partial charge is 0.505 e. The van der Waals surface area contributed by atoms with Gasteiger partial charge in [-0.1, -0.05) is 41.4 Å². The maximum atomic E-state index is 12.2. The van der Waals surface area contributed by atoms with Gasteiger partial charge in [0.1, 0.15) is 30.1 Å². The van der Waals surface area contributed by atoms with Crippen LogP contribution in [0, 0.1) is 42.2 Å². The molecule has 0 atom stereocenters. The van der Waals surface area contributed by atoms with E-state index in [9.17, 15) is 58.4 Å². The van der Waals surface area contributed by atoms with Crippen molar-refractivity contribution in [2.75, 3.05) is 93.6 Å². The molecule has 3 aliphatic heterocycles. The molecule has 7 aromatic heterocycles. The zero-order valence-corrected chi connectivity index (χ0v) is 72.0. The van der Waals surface area contributed by atoms with Crippen LogP contribution in [0.2, 0.25) is 10.0 Å². The first kappa shape index (κ1) is 90.2.